The maximum atomic E-state index is 10.2. The van der Waals surface area contributed by atoms with E-state index in [9.17, 15) is 9.90 Å². The SMILES string of the molecule is CCCCCCCCCCCCCCCCCC(=O)[O-].O=P([O-])([O-])[O-].[Ca+2].[Ca+2]. The summed E-state index contributed by atoms with van der Waals surface area (Å²) in [4.78, 5) is 35.9. The maximum absolute atomic E-state index is 10.2. The molecule has 0 saturated carbocycles. The van der Waals surface area contributed by atoms with E-state index in [0.717, 1.165) is 12.8 Å². The van der Waals surface area contributed by atoms with Crippen molar-refractivity contribution in [3.8, 4) is 0 Å². The van der Waals surface area contributed by atoms with Crippen molar-refractivity contribution in [1.82, 2.24) is 0 Å². The number of aliphatic carboxylic acids is 1. The molecule has 152 valence electrons. The van der Waals surface area contributed by atoms with Crippen molar-refractivity contribution < 1.29 is 29.1 Å². The monoisotopic (exact) mass is 458 g/mol. The van der Waals surface area contributed by atoms with Crippen LogP contribution in [0.2, 0.25) is 0 Å². The summed E-state index contributed by atoms with van der Waals surface area (Å²) in [5.74, 6) is -0.903. The van der Waals surface area contributed by atoms with Crippen LogP contribution in [0.3, 0.4) is 0 Å². The zero-order valence-corrected chi connectivity index (χ0v) is 22.4. The molecule has 0 heterocycles. The number of hydrogen-bond donors (Lipinski definition) is 0. The van der Waals surface area contributed by atoms with E-state index in [1.807, 2.05) is 0 Å². The van der Waals surface area contributed by atoms with Crippen LogP contribution < -0.4 is 19.8 Å². The molecule has 9 heteroatoms. The molecule has 0 atom stereocenters. The number of carboxylic acid groups (broad SMARTS) is 1. The van der Waals surface area contributed by atoms with Crippen molar-refractivity contribution in [3.63, 3.8) is 0 Å². The summed E-state index contributed by atoms with van der Waals surface area (Å²) >= 11 is 0. The van der Waals surface area contributed by atoms with E-state index in [2.05, 4.69) is 6.92 Å². The van der Waals surface area contributed by atoms with E-state index in [4.69, 9.17) is 19.2 Å². The van der Waals surface area contributed by atoms with Crippen LogP contribution in [-0.4, -0.2) is 81.4 Å². The minimum Gasteiger partial charge on any atom is -0.822 e. The van der Waals surface area contributed by atoms with Crippen molar-refractivity contribution in [2.24, 2.45) is 0 Å². The molecule has 0 aliphatic heterocycles. The van der Waals surface area contributed by atoms with Crippen LogP contribution >= 0.6 is 7.82 Å². The first kappa shape index (κ1) is 36.5. The van der Waals surface area contributed by atoms with Gasteiger partial charge in [-0.2, -0.15) is 7.82 Å². The number of hydrogen-bond acceptors (Lipinski definition) is 6. The summed E-state index contributed by atoms with van der Waals surface area (Å²) in [7, 11) is -5.39. The van der Waals surface area contributed by atoms with Gasteiger partial charge in [0.2, 0.25) is 0 Å². The van der Waals surface area contributed by atoms with Gasteiger partial charge < -0.3 is 29.1 Å². The third-order valence-corrected chi connectivity index (χ3v) is 3.98. The van der Waals surface area contributed by atoms with Gasteiger partial charge in [-0.05, 0) is 12.8 Å². The zero-order valence-electron chi connectivity index (χ0n) is 17.1. The van der Waals surface area contributed by atoms with Crippen molar-refractivity contribution in [3.05, 3.63) is 0 Å². The molecule has 0 bridgehead atoms. The molecular weight excluding hydrogens is 423 g/mol. The maximum Gasteiger partial charge on any atom is 2.00 e. The van der Waals surface area contributed by atoms with Crippen molar-refractivity contribution >= 4 is 89.3 Å². The summed E-state index contributed by atoms with van der Waals surface area (Å²) in [6.45, 7) is 2.27. The summed E-state index contributed by atoms with van der Waals surface area (Å²) in [6.07, 6.45) is 19.9. The summed E-state index contributed by atoms with van der Waals surface area (Å²) < 4.78 is 8.55. The Balaban J connectivity index is -0.000000333. The molecule has 6 nitrogen and oxygen atoms in total. The molecule has 0 aromatic rings. The van der Waals surface area contributed by atoms with Gasteiger partial charge in [0, 0.05) is 5.97 Å². The molecule has 0 amide bonds. The van der Waals surface area contributed by atoms with Gasteiger partial charge in [-0.15, -0.1) is 0 Å². The van der Waals surface area contributed by atoms with Crippen LogP contribution in [0.15, 0.2) is 0 Å². The van der Waals surface area contributed by atoms with Gasteiger partial charge in [0.1, 0.15) is 0 Å². The van der Waals surface area contributed by atoms with Gasteiger partial charge >= 0.3 is 75.5 Å². The second kappa shape index (κ2) is 28.1. The molecule has 0 radical (unpaired) electrons. The van der Waals surface area contributed by atoms with Crippen LogP contribution in [0.5, 0.6) is 0 Å². The van der Waals surface area contributed by atoms with Crippen LogP contribution in [0.4, 0.5) is 0 Å². The Labute approximate surface area is 225 Å². The number of unbranched alkanes of at least 4 members (excludes halogenated alkanes) is 14. The molecule has 0 aliphatic carbocycles. The second-order valence-corrected chi connectivity index (χ2v) is 7.41. The number of carbonyl (C=O) groups excluding carboxylic acids is 1. The molecule has 27 heavy (non-hydrogen) atoms. The Morgan fingerprint density at radius 1 is 0.630 bits per heavy atom. The Morgan fingerprint density at radius 2 is 0.852 bits per heavy atom. The van der Waals surface area contributed by atoms with Crippen molar-refractivity contribution in [2.75, 3.05) is 0 Å². The van der Waals surface area contributed by atoms with Gasteiger partial charge in [0.25, 0.3) is 0 Å². The molecule has 0 spiro atoms. The fourth-order valence-electron chi connectivity index (χ4n) is 2.64. The van der Waals surface area contributed by atoms with Gasteiger partial charge in [0.15, 0.2) is 0 Å². The fraction of sp³-hybridized carbons (Fsp3) is 0.944. The second-order valence-electron chi connectivity index (χ2n) is 6.52. The number of rotatable bonds is 16. The zero-order chi connectivity index (χ0) is 19.4. The van der Waals surface area contributed by atoms with E-state index >= 15 is 0 Å². The predicted molar refractivity (Wildman–Crippen MR) is 104 cm³/mol. The first-order valence-electron chi connectivity index (χ1n) is 9.70. The van der Waals surface area contributed by atoms with E-state index in [1.54, 1.807) is 0 Å². The standard InChI is InChI=1S/C18H36O2.2Ca.H3O4P/c1-2-3-4-5-6-7-8-9-10-11-12-13-14-15-16-17-18(19)20;;;1-5(2,3)4/h2-17H2,1H3,(H,19,20);;;(H3,1,2,3,4)/q;2*+2;/p-4. The molecule has 0 aromatic carbocycles. The van der Waals surface area contributed by atoms with Gasteiger partial charge in [0.05, 0.1) is 0 Å². The minimum absolute atomic E-state index is 0. The van der Waals surface area contributed by atoms with Gasteiger partial charge in [-0.1, -0.05) is 96.8 Å². The Bertz CT molecular complexity index is 332. The van der Waals surface area contributed by atoms with Crippen LogP contribution in [0.25, 0.3) is 0 Å². The van der Waals surface area contributed by atoms with Gasteiger partial charge in [-0.25, -0.2) is 0 Å². The number of carbonyl (C=O) groups is 1. The molecule has 0 N–H and O–H groups in total. The smallest absolute Gasteiger partial charge is 0.822 e. The first-order valence-corrected chi connectivity index (χ1v) is 11.2. The van der Waals surface area contributed by atoms with E-state index in [0.29, 0.717) is 0 Å². The van der Waals surface area contributed by atoms with E-state index in [1.165, 1.54) is 83.5 Å². The van der Waals surface area contributed by atoms with Crippen LogP contribution in [-0.2, 0) is 9.36 Å². The van der Waals surface area contributed by atoms with E-state index < -0.39 is 13.8 Å². The fourth-order valence-corrected chi connectivity index (χ4v) is 2.64. The van der Waals surface area contributed by atoms with Crippen LogP contribution in [0, 0.1) is 0 Å². The molecule has 0 aliphatic rings. The predicted octanol–water partition coefficient (Wildman–Crippen LogP) is 1.41. The quantitative estimate of drug-likeness (QED) is 0.195. The summed E-state index contributed by atoms with van der Waals surface area (Å²) in [5.41, 5.74) is 0. The number of phosphoric acid groups is 1. The summed E-state index contributed by atoms with van der Waals surface area (Å²) in [6, 6.07) is 0. The third kappa shape index (κ3) is 52.5. The Morgan fingerprint density at radius 3 is 1.07 bits per heavy atom. The minimum atomic E-state index is -5.39. The molecule has 0 aromatic heterocycles. The largest absolute Gasteiger partial charge is 2.00 e. The van der Waals surface area contributed by atoms with Crippen molar-refractivity contribution in [1.29, 1.82) is 0 Å². The molecular formula is C18H35Ca2O6P. The Kier molecular flexibility index (Phi) is 38.0. The first-order chi connectivity index (χ1) is 11.8. The molecule has 0 rings (SSSR count). The van der Waals surface area contributed by atoms with Crippen molar-refractivity contribution in [2.45, 2.75) is 110 Å². The molecule has 0 unspecified atom stereocenters. The van der Waals surface area contributed by atoms with E-state index in [-0.39, 0.29) is 81.9 Å². The van der Waals surface area contributed by atoms with Crippen LogP contribution in [0.1, 0.15) is 110 Å². The van der Waals surface area contributed by atoms with Gasteiger partial charge in [-0.3, -0.25) is 0 Å². The average Bonchev–Trinajstić information content (AvgIpc) is 2.49. The summed E-state index contributed by atoms with van der Waals surface area (Å²) in [5, 5.41) is 10.2. The molecule has 0 fully saturated rings. The third-order valence-electron chi connectivity index (χ3n) is 3.98. The number of carboxylic acids is 1. The molecule has 0 saturated heterocycles. The average molecular weight is 459 g/mol. The Hall–Kier alpha value is 2.10. The topological polar surface area (TPSA) is 126 Å². The normalized spacial score (nSPS) is 10.2.